The van der Waals surface area contributed by atoms with Crippen LogP contribution in [0.4, 0.5) is 0 Å². The standard InChI is InChI=1S/C15H22N2O3/c1-10(2)6-13-9-20-5-4-17(13)15(19)12-7-11(3)16-14(18)8-12/h7-8,10,13H,4-6,9H2,1-3H3,(H,16,18). The molecule has 0 bridgehead atoms. The van der Waals surface area contributed by atoms with Gasteiger partial charge in [0.05, 0.1) is 19.3 Å². The third kappa shape index (κ3) is 3.48. The summed E-state index contributed by atoms with van der Waals surface area (Å²) in [7, 11) is 0. The highest BCUT2D eigenvalue weighted by Crippen LogP contribution is 2.18. The van der Waals surface area contributed by atoms with Crippen LogP contribution in [0.5, 0.6) is 0 Å². The lowest BCUT2D eigenvalue weighted by atomic mass is 10.0. The lowest BCUT2D eigenvalue weighted by Gasteiger charge is -2.36. The SMILES string of the molecule is Cc1cc(C(=O)N2CCOCC2CC(C)C)cc(=O)[nH]1. The minimum atomic E-state index is -0.234. The fourth-order valence-electron chi connectivity index (χ4n) is 2.63. The topological polar surface area (TPSA) is 62.4 Å². The van der Waals surface area contributed by atoms with E-state index in [-0.39, 0.29) is 17.5 Å². The van der Waals surface area contributed by atoms with E-state index in [9.17, 15) is 9.59 Å². The van der Waals surface area contributed by atoms with Crippen molar-refractivity contribution in [2.75, 3.05) is 19.8 Å². The molecule has 1 aliphatic rings. The fraction of sp³-hybridized carbons (Fsp3) is 0.600. The Hall–Kier alpha value is -1.62. The number of hydrogen-bond acceptors (Lipinski definition) is 3. The third-order valence-electron chi connectivity index (χ3n) is 3.46. The second-order valence-corrected chi connectivity index (χ2v) is 5.77. The molecule has 2 heterocycles. The smallest absolute Gasteiger partial charge is 0.254 e. The van der Waals surface area contributed by atoms with Crippen molar-refractivity contribution in [3.8, 4) is 0 Å². The zero-order valence-electron chi connectivity index (χ0n) is 12.3. The first-order valence-corrected chi connectivity index (χ1v) is 7.07. The van der Waals surface area contributed by atoms with Gasteiger partial charge < -0.3 is 14.6 Å². The van der Waals surface area contributed by atoms with Crippen molar-refractivity contribution in [2.45, 2.75) is 33.2 Å². The van der Waals surface area contributed by atoms with Crippen LogP contribution in [0.1, 0.15) is 36.3 Å². The summed E-state index contributed by atoms with van der Waals surface area (Å²) in [5.74, 6) is 0.422. The van der Waals surface area contributed by atoms with Crippen LogP contribution >= 0.6 is 0 Å². The van der Waals surface area contributed by atoms with Crippen LogP contribution in [-0.2, 0) is 4.74 Å². The Kier molecular flexibility index (Phi) is 4.60. The van der Waals surface area contributed by atoms with E-state index in [2.05, 4.69) is 18.8 Å². The van der Waals surface area contributed by atoms with Crippen molar-refractivity contribution in [1.82, 2.24) is 9.88 Å². The van der Waals surface area contributed by atoms with Crippen LogP contribution in [0.3, 0.4) is 0 Å². The summed E-state index contributed by atoms with van der Waals surface area (Å²) in [4.78, 5) is 28.6. The molecule has 0 aliphatic carbocycles. The molecule has 1 amide bonds. The number of aromatic amines is 1. The monoisotopic (exact) mass is 278 g/mol. The summed E-state index contributed by atoms with van der Waals surface area (Å²) in [6.07, 6.45) is 0.911. The molecule has 0 saturated carbocycles. The summed E-state index contributed by atoms with van der Waals surface area (Å²) in [6, 6.07) is 3.19. The number of nitrogens with one attached hydrogen (secondary N) is 1. The fourth-order valence-corrected chi connectivity index (χ4v) is 2.63. The Balaban J connectivity index is 2.22. The quantitative estimate of drug-likeness (QED) is 0.913. The van der Waals surface area contributed by atoms with Gasteiger partial charge in [0.15, 0.2) is 0 Å². The molecule has 5 nitrogen and oxygen atoms in total. The first kappa shape index (κ1) is 14.8. The van der Waals surface area contributed by atoms with Crippen molar-refractivity contribution < 1.29 is 9.53 Å². The molecule has 20 heavy (non-hydrogen) atoms. The van der Waals surface area contributed by atoms with Crippen molar-refractivity contribution in [1.29, 1.82) is 0 Å². The maximum atomic E-state index is 12.6. The molecule has 1 saturated heterocycles. The molecule has 110 valence electrons. The molecule has 1 aliphatic heterocycles. The summed E-state index contributed by atoms with van der Waals surface area (Å²) >= 11 is 0. The van der Waals surface area contributed by atoms with Crippen LogP contribution in [0.15, 0.2) is 16.9 Å². The molecule has 1 unspecified atom stereocenters. The molecule has 0 spiro atoms. The lowest BCUT2D eigenvalue weighted by molar-refractivity contribution is -0.00748. The average molecular weight is 278 g/mol. The maximum Gasteiger partial charge on any atom is 0.254 e. The van der Waals surface area contributed by atoms with Gasteiger partial charge in [-0.15, -0.1) is 0 Å². The number of nitrogens with zero attached hydrogens (tertiary/aromatic N) is 1. The van der Waals surface area contributed by atoms with E-state index in [1.807, 2.05) is 4.90 Å². The Bertz CT molecular complexity index is 536. The minimum absolute atomic E-state index is 0.0758. The number of ether oxygens (including phenoxy) is 1. The number of aryl methyl sites for hydroxylation is 1. The van der Waals surface area contributed by atoms with Crippen molar-refractivity contribution >= 4 is 5.91 Å². The van der Waals surface area contributed by atoms with Crippen LogP contribution in [0.2, 0.25) is 0 Å². The van der Waals surface area contributed by atoms with Crippen LogP contribution < -0.4 is 5.56 Å². The summed E-state index contributed by atoms with van der Waals surface area (Å²) in [5, 5.41) is 0. The molecule has 5 heteroatoms. The first-order valence-electron chi connectivity index (χ1n) is 7.07. The van der Waals surface area contributed by atoms with Gasteiger partial charge in [0, 0.05) is 23.9 Å². The van der Waals surface area contributed by atoms with E-state index < -0.39 is 0 Å². The van der Waals surface area contributed by atoms with Gasteiger partial charge in [-0.25, -0.2) is 0 Å². The number of amides is 1. The van der Waals surface area contributed by atoms with Crippen LogP contribution in [0, 0.1) is 12.8 Å². The number of aromatic nitrogens is 1. The van der Waals surface area contributed by atoms with Crippen LogP contribution in [0.25, 0.3) is 0 Å². The lowest BCUT2D eigenvalue weighted by Crippen LogP contribution is -2.49. The molecule has 1 fully saturated rings. The molecular formula is C15H22N2O3. The zero-order valence-corrected chi connectivity index (χ0v) is 12.3. The highest BCUT2D eigenvalue weighted by atomic mass is 16.5. The number of hydrogen-bond donors (Lipinski definition) is 1. The summed E-state index contributed by atoms with van der Waals surface area (Å²) < 4.78 is 5.48. The summed E-state index contributed by atoms with van der Waals surface area (Å²) in [6.45, 7) is 7.77. The number of pyridine rings is 1. The molecule has 1 aromatic heterocycles. The normalized spacial score (nSPS) is 19.4. The van der Waals surface area contributed by atoms with Gasteiger partial charge in [-0.3, -0.25) is 9.59 Å². The van der Waals surface area contributed by atoms with Gasteiger partial charge in [-0.05, 0) is 25.3 Å². The number of H-pyrrole nitrogens is 1. The van der Waals surface area contributed by atoms with Crippen molar-refractivity contribution in [3.05, 3.63) is 33.7 Å². The van der Waals surface area contributed by atoms with Gasteiger partial charge in [-0.1, -0.05) is 13.8 Å². The van der Waals surface area contributed by atoms with Gasteiger partial charge in [0.25, 0.3) is 5.91 Å². The number of rotatable bonds is 3. The minimum Gasteiger partial charge on any atom is -0.377 e. The van der Waals surface area contributed by atoms with E-state index in [1.54, 1.807) is 13.0 Å². The second kappa shape index (κ2) is 6.22. The van der Waals surface area contributed by atoms with Gasteiger partial charge in [0.1, 0.15) is 0 Å². The Morgan fingerprint density at radius 3 is 2.90 bits per heavy atom. The number of morpholine rings is 1. The zero-order chi connectivity index (χ0) is 14.7. The van der Waals surface area contributed by atoms with Gasteiger partial charge in [0.2, 0.25) is 5.56 Å². The third-order valence-corrected chi connectivity index (χ3v) is 3.46. The van der Waals surface area contributed by atoms with E-state index >= 15 is 0 Å². The molecule has 2 rings (SSSR count). The molecule has 0 radical (unpaired) electrons. The molecule has 1 aromatic rings. The summed E-state index contributed by atoms with van der Waals surface area (Å²) in [5.41, 5.74) is 0.929. The molecule has 1 N–H and O–H groups in total. The highest BCUT2D eigenvalue weighted by molar-refractivity contribution is 5.94. The van der Waals surface area contributed by atoms with E-state index in [0.29, 0.717) is 36.9 Å². The Morgan fingerprint density at radius 1 is 1.50 bits per heavy atom. The predicted octanol–water partition coefficient (Wildman–Crippen LogP) is 1.57. The Labute approximate surface area is 118 Å². The van der Waals surface area contributed by atoms with Gasteiger partial charge >= 0.3 is 0 Å². The molecular weight excluding hydrogens is 256 g/mol. The number of carbonyl (C=O) groups excluding carboxylic acids is 1. The largest absolute Gasteiger partial charge is 0.377 e. The van der Waals surface area contributed by atoms with E-state index in [4.69, 9.17) is 4.74 Å². The van der Waals surface area contributed by atoms with Crippen molar-refractivity contribution in [3.63, 3.8) is 0 Å². The molecule has 0 aromatic carbocycles. The van der Waals surface area contributed by atoms with Crippen molar-refractivity contribution in [2.24, 2.45) is 5.92 Å². The predicted molar refractivity (Wildman–Crippen MR) is 76.9 cm³/mol. The van der Waals surface area contributed by atoms with E-state index in [1.165, 1.54) is 6.07 Å². The van der Waals surface area contributed by atoms with E-state index in [0.717, 1.165) is 6.42 Å². The maximum absolute atomic E-state index is 12.6. The van der Waals surface area contributed by atoms with Crippen LogP contribution in [-0.4, -0.2) is 41.6 Å². The Morgan fingerprint density at radius 2 is 2.25 bits per heavy atom. The van der Waals surface area contributed by atoms with Gasteiger partial charge in [-0.2, -0.15) is 0 Å². The highest BCUT2D eigenvalue weighted by Gasteiger charge is 2.28. The second-order valence-electron chi connectivity index (χ2n) is 5.77. The molecule has 1 atom stereocenters. The number of carbonyl (C=O) groups is 1. The average Bonchev–Trinajstić information content (AvgIpc) is 2.36. The first-order chi connectivity index (χ1) is 9.47.